The Labute approximate surface area is 355 Å². The van der Waals surface area contributed by atoms with Crippen LogP contribution >= 0.6 is 0 Å². The van der Waals surface area contributed by atoms with Crippen molar-refractivity contribution in [2.24, 2.45) is 16.7 Å². The Morgan fingerprint density at radius 1 is 0.984 bits per heavy atom. The van der Waals surface area contributed by atoms with E-state index in [1.54, 1.807) is 18.2 Å². The molecule has 1 aliphatic heterocycles. The normalized spacial score (nSPS) is 31.8. The molecule has 3 aliphatic carbocycles. The van der Waals surface area contributed by atoms with Gasteiger partial charge in [-0.15, -0.1) is 0 Å². The monoisotopic (exact) mass is 866 g/mol. The van der Waals surface area contributed by atoms with Gasteiger partial charge >= 0.3 is 30.0 Å². The molecule has 2 aromatic rings. The molecule has 2 aromatic carbocycles. The van der Waals surface area contributed by atoms with E-state index in [1.807, 2.05) is 0 Å². The average molecular weight is 867 g/mol. The summed E-state index contributed by atoms with van der Waals surface area (Å²) in [6.07, 6.45) is -12.2. The molecule has 62 heavy (non-hydrogen) atoms. The number of Topliss-reactive ketones (excluding diaryl/α,β-unsaturated/α-hetero) is 1. The number of hydrogen-bond donors (Lipinski definition) is 4. The number of esters is 4. The predicted octanol–water partition coefficient (Wildman–Crippen LogP) is 2.96. The van der Waals surface area contributed by atoms with Crippen molar-refractivity contribution in [1.82, 2.24) is 5.32 Å². The number of nitrogens with one attached hydrogen (secondary N) is 1. The highest BCUT2D eigenvalue weighted by Crippen LogP contribution is 2.64. The molecule has 1 amide bonds. The maximum Gasteiger partial charge on any atom is 0.407 e. The van der Waals surface area contributed by atoms with Crippen LogP contribution in [-0.2, 0) is 47.6 Å². The summed E-state index contributed by atoms with van der Waals surface area (Å²) in [5.74, 6) is -6.63. The number of fused-ring (bicyclic) bond motifs is 5. The van der Waals surface area contributed by atoms with Gasteiger partial charge in [-0.1, -0.05) is 44.2 Å². The molecule has 0 radical (unpaired) electrons. The summed E-state index contributed by atoms with van der Waals surface area (Å²) in [5.41, 5.74) is -8.34. The lowest BCUT2D eigenvalue weighted by Gasteiger charge is -2.67. The van der Waals surface area contributed by atoms with Crippen LogP contribution in [0.2, 0.25) is 0 Å². The Balaban J connectivity index is 1.54. The summed E-state index contributed by atoms with van der Waals surface area (Å²) in [7, 11) is 0. The standard InChI is InChI=1S/C43H50N2O17/c1-8-57-39(53)44-31(24-14-16-26(17-15-24)45(55)56)32(49)38(52)60-27-19-43(54)36(61-37(51)25-12-10-9-11-13-25)34-41(7,28(48)18-29-42(34,20-58-29)62-23(4)47)35(50)33(59-22(3)46)30(21(27)2)40(43,5)6/h9-17,27-29,31-34,36,48-49,54H,8,18-20H2,1-7H3,(H,44,53)/t27?,28-,29+,31-,32+,33+,34-,36-,41+,42-,43+/m0/s1. The van der Waals surface area contributed by atoms with Crippen molar-refractivity contribution in [2.45, 2.75) is 115 Å². The minimum atomic E-state index is -2.46. The maximum absolute atomic E-state index is 15.4. The van der Waals surface area contributed by atoms with Crippen LogP contribution in [0.5, 0.6) is 0 Å². The first-order valence-electron chi connectivity index (χ1n) is 20.0. The van der Waals surface area contributed by atoms with E-state index in [0.717, 1.165) is 26.0 Å². The van der Waals surface area contributed by atoms with Crippen molar-refractivity contribution < 1.29 is 77.4 Å². The van der Waals surface area contributed by atoms with Crippen LogP contribution in [0, 0.1) is 26.9 Å². The molecule has 6 rings (SSSR count). The van der Waals surface area contributed by atoms with E-state index in [2.05, 4.69) is 5.32 Å². The summed E-state index contributed by atoms with van der Waals surface area (Å²) in [5, 5.41) is 50.9. The zero-order valence-corrected chi connectivity index (χ0v) is 35.1. The van der Waals surface area contributed by atoms with Gasteiger partial charge < -0.3 is 49.1 Å². The first-order valence-corrected chi connectivity index (χ1v) is 20.0. The summed E-state index contributed by atoms with van der Waals surface area (Å²) in [6.45, 7) is 9.07. The zero-order valence-electron chi connectivity index (χ0n) is 35.1. The topological polar surface area (TPSA) is 274 Å². The number of ether oxygens (including phenoxy) is 6. The molecule has 4 N–H and O–H groups in total. The van der Waals surface area contributed by atoms with E-state index in [-0.39, 0.29) is 47.6 Å². The lowest BCUT2D eigenvalue weighted by atomic mass is 9.44. The molecule has 19 nitrogen and oxygen atoms in total. The molecular weight excluding hydrogens is 816 g/mol. The number of non-ortho nitro benzene ring substituents is 1. The van der Waals surface area contributed by atoms with Crippen LogP contribution in [0.1, 0.15) is 83.3 Å². The molecule has 2 bridgehead atoms. The minimum Gasteiger partial charge on any atom is -0.456 e. The van der Waals surface area contributed by atoms with Gasteiger partial charge in [0.1, 0.15) is 23.9 Å². The number of amides is 1. The third kappa shape index (κ3) is 7.60. The van der Waals surface area contributed by atoms with Crippen molar-refractivity contribution in [3.63, 3.8) is 0 Å². The van der Waals surface area contributed by atoms with E-state index < -0.39 is 118 Å². The Bertz CT molecular complexity index is 2170. The van der Waals surface area contributed by atoms with Crippen LogP contribution in [0.4, 0.5) is 10.5 Å². The molecule has 334 valence electrons. The first kappa shape index (κ1) is 45.8. The van der Waals surface area contributed by atoms with Gasteiger partial charge in [0, 0.05) is 44.2 Å². The summed E-state index contributed by atoms with van der Waals surface area (Å²) < 4.78 is 34.9. The fourth-order valence-electron chi connectivity index (χ4n) is 9.81. The van der Waals surface area contributed by atoms with Gasteiger partial charge in [0.05, 0.1) is 47.2 Å². The van der Waals surface area contributed by atoms with Gasteiger partial charge in [-0.25, -0.2) is 14.4 Å². The Morgan fingerprint density at radius 2 is 1.63 bits per heavy atom. The number of nitro benzene ring substituents is 1. The smallest absolute Gasteiger partial charge is 0.407 e. The summed E-state index contributed by atoms with van der Waals surface area (Å²) >= 11 is 0. The molecule has 19 heteroatoms. The molecule has 0 spiro atoms. The molecule has 4 aliphatic rings. The number of carbonyl (C=O) groups is 6. The van der Waals surface area contributed by atoms with Crippen molar-refractivity contribution in [3.8, 4) is 0 Å². The number of aliphatic hydroxyl groups is 3. The van der Waals surface area contributed by atoms with Gasteiger partial charge in [0.25, 0.3) is 5.69 Å². The number of nitro groups is 1. The van der Waals surface area contributed by atoms with E-state index in [1.165, 1.54) is 58.9 Å². The average Bonchev–Trinajstić information content (AvgIpc) is 3.20. The second-order valence-corrected chi connectivity index (χ2v) is 16.8. The Kier molecular flexibility index (Phi) is 12.4. The third-order valence-corrected chi connectivity index (χ3v) is 13.0. The maximum atomic E-state index is 15.4. The van der Waals surface area contributed by atoms with Crippen LogP contribution in [0.3, 0.4) is 0 Å². The second kappa shape index (κ2) is 16.8. The van der Waals surface area contributed by atoms with Gasteiger partial charge in [-0.2, -0.15) is 0 Å². The zero-order chi connectivity index (χ0) is 45.7. The van der Waals surface area contributed by atoms with Crippen molar-refractivity contribution >= 4 is 41.4 Å². The lowest BCUT2D eigenvalue weighted by molar-refractivity contribution is -0.384. The van der Waals surface area contributed by atoms with Gasteiger partial charge in [-0.3, -0.25) is 24.5 Å². The number of carbonyl (C=O) groups excluding carboxylic acids is 6. The fourth-order valence-corrected chi connectivity index (χ4v) is 9.81. The van der Waals surface area contributed by atoms with Gasteiger partial charge in [0.2, 0.25) is 0 Å². The lowest BCUT2D eigenvalue weighted by Crippen LogP contribution is -2.82. The second-order valence-electron chi connectivity index (χ2n) is 16.8. The predicted molar refractivity (Wildman–Crippen MR) is 211 cm³/mol. The van der Waals surface area contributed by atoms with E-state index in [4.69, 9.17) is 28.4 Å². The molecule has 3 fully saturated rings. The van der Waals surface area contributed by atoms with Crippen LogP contribution in [0.15, 0.2) is 65.7 Å². The number of rotatable bonds is 11. The van der Waals surface area contributed by atoms with Crippen LogP contribution in [0.25, 0.3) is 0 Å². The van der Waals surface area contributed by atoms with Crippen molar-refractivity contribution in [3.05, 3.63) is 87.0 Å². The van der Waals surface area contributed by atoms with Crippen molar-refractivity contribution in [2.75, 3.05) is 13.2 Å². The van der Waals surface area contributed by atoms with E-state index in [9.17, 15) is 49.4 Å². The van der Waals surface area contributed by atoms with E-state index in [0.29, 0.717) is 0 Å². The number of alkyl carbamates (subject to hydrolysis) is 1. The highest BCUT2D eigenvalue weighted by atomic mass is 16.6. The Hall–Kier alpha value is -5.76. The number of nitrogens with zero attached hydrogens (tertiary/aromatic N) is 1. The first-order chi connectivity index (χ1) is 29.0. The highest BCUT2D eigenvalue weighted by Gasteiger charge is 2.78. The van der Waals surface area contributed by atoms with Crippen molar-refractivity contribution in [1.29, 1.82) is 0 Å². The molecule has 1 heterocycles. The molecule has 0 aromatic heterocycles. The van der Waals surface area contributed by atoms with Gasteiger partial charge in [0.15, 0.2) is 23.6 Å². The molecule has 2 saturated carbocycles. The molecular formula is C43H50N2O17. The fraction of sp³-hybridized carbons (Fsp3) is 0.535. The van der Waals surface area contributed by atoms with Gasteiger partial charge in [-0.05, 0) is 49.6 Å². The molecule has 11 atom stereocenters. The SMILES string of the molecule is CCOC(=O)N[C@@H](c1ccc([N+](=O)[O-])cc1)[C@@H](O)C(=O)OC1C[C@@]2(O)[C@@H](OC(=O)c3ccccc3)[C@@H]3[C@]4(OC(C)=O)CO[C@@H]4C[C@H](O)[C@@]3(C)C(=O)[C@H](OC(C)=O)C(=C1C)C2(C)C. The van der Waals surface area contributed by atoms with Crippen LogP contribution < -0.4 is 5.32 Å². The van der Waals surface area contributed by atoms with Crippen LogP contribution in [-0.4, -0.2) is 117 Å². The number of hydrogen-bond acceptors (Lipinski definition) is 17. The highest BCUT2D eigenvalue weighted by molar-refractivity contribution is 5.95. The molecule has 1 saturated heterocycles. The summed E-state index contributed by atoms with van der Waals surface area (Å²) in [6, 6.07) is 10.7. The number of aliphatic hydroxyl groups excluding tert-OH is 2. The quantitative estimate of drug-likeness (QED) is 0.0831. The third-order valence-electron chi connectivity index (χ3n) is 13.0. The van der Waals surface area contributed by atoms with E-state index >= 15 is 4.79 Å². The summed E-state index contributed by atoms with van der Waals surface area (Å²) in [4.78, 5) is 93.1. The largest absolute Gasteiger partial charge is 0.456 e. The minimum absolute atomic E-state index is 0.0290. The number of benzene rings is 2. The molecule has 1 unspecified atom stereocenters. The number of ketones is 1. The Morgan fingerprint density at radius 3 is 2.18 bits per heavy atom.